The Hall–Kier alpha value is -1.65. The van der Waals surface area contributed by atoms with Gasteiger partial charge in [-0.2, -0.15) is 0 Å². The highest BCUT2D eigenvalue weighted by atomic mass is 35.5. The maximum Gasteiger partial charge on any atom is 0.169 e. The summed E-state index contributed by atoms with van der Waals surface area (Å²) in [5, 5.41) is 3.27. The highest BCUT2D eigenvalue weighted by molar-refractivity contribution is 6.33. The molecule has 6 heteroatoms. The fourth-order valence-corrected chi connectivity index (χ4v) is 1.75. The van der Waals surface area contributed by atoms with Crippen molar-refractivity contribution in [1.29, 1.82) is 0 Å². The molecule has 0 amide bonds. The van der Waals surface area contributed by atoms with E-state index in [2.05, 4.69) is 5.32 Å². The van der Waals surface area contributed by atoms with E-state index in [9.17, 15) is 4.39 Å². The maximum absolute atomic E-state index is 13.9. The highest BCUT2D eigenvalue weighted by Crippen LogP contribution is 2.35. The van der Waals surface area contributed by atoms with Gasteiger partial charge in [0, 0.05) is 10.7 Å². The molecule has 18 heavy (non-hydrogen) atoms. The van der Waals surface area contributed by atoms with Crippen molar-refractivity contribution in [3.8, 4) is 0 Å². The van der Waals surface area contributed by atoms with Crippen molar-refractivity contribution in [2.45, 2.75) is 0 Å². The minimum atomic E-state index is -0.677. The van der Waals surface area contributed by atoms with E-state index in [-0.39, 0.29) is 22.1 Å². The smallest absolute Gasteiger partial charge is 0.169 e. The summed E-state index contributed by atoms with van der Waals surface area (Å²) in [6.45, 7) is 0. The first-order valence-electron chi connectivity index (χ1n) is 5.04. The molecule has 0 aliphatic heterocycles. The van der Waals surface area contributed by atoms with Gasteiger partial charge in [-0.3, -0.25) is 0 Å². The summed E-state index contributed by atoms with van der Waals surface area (Å²) in [5.74, 6) is -0.677. The van der Waals surface area contributed by atoms with E-state index in [0.717, 1.165) is 0 Å². The number of rotatable bonds is 2. The van der Waals surface area contributed by atoms with Crippen LogP contribution in [0.15, 0.2) is 30.3 Å². The molecular formula is C12H10Cl2FN3. The van der Waals surface area contributed by atoms with Gasteiger partial charge in [-0.25, -0.2) is 4.39 Å². The Morgan fingerprint density at radius 1 is 1.00 bits per heavy atom. The summed E-state index contributed by atoms with van der Waals surface area (Å²) in [7, 11) is 0. The minimum absolute atomic E-state index is 0.0940. The molecule has 2 aromatic carbocycles. The van der Waals surface area contributed by atoms with Crippen LogP contribution in [0.2, 0.25) is 10.0 Å². The van der Waals surface area contributed by atoms with Gasteiger partial charge < -0.3 is 16.8 Å². The number of nitrogens with two attached hydrogens (primary N) is 2. The van der Waals surface area contributed by atoms with E-state index in [1.54, 1.807) is 24.3 Å². The molecule has 0 aliphatic rings. The fourth-order valence-electron chi connectivity index (χ4n) is 1.47. The SMILES string of the molecule is Nc1cc(N)c(Nc2ccc(Cl)cc2)c(F)c1Cl. The first-order valence-corrected chi connectivity index (χ1v) is 5.80. The fraction of sp³-hybridized carbons (Fsp3) is 0. The molecule has 0 unspecified atom stereocenters. The molecule has 0 heterocycles. The average molecular weight is 286 g/mol. The number of nitrogens with one attached hydrogen (secondary N) is 1. The summed E-state index contributed by atoms with van der Waals surface area (Å²) < 4.78 is 13.9. The van der Waals surface area contributed by atoms with Gasteiger partial charge in [0.25, 0.3) is 0 Å². The lowest BCUT2D eigenvalue weighted by atomic mass is 10.2. The Bertz CT molecular complexity index is 585. The van der Waals surface area contributed by atoms with Crippen LogP contribution in [0.5, 0.6) is 0 Å². The lowest BCUT2D eigenvalue weighted by molar-refractivity contribution is 0.633. The highest BCUT2D eigenvalue weighted by Gasteiger charge is 2.14. The van der Waals surface area contributed by atoms with Crippen molar-refractivity contribution in [3.63, 3.8) is 0 Å². The molecule has 94 valence electrons. The van der Waals surface area contributed by atoms with Crippen molar-refractivity contribution in [2.24, 2.45) is 0 Å². The zero-order valence-electron chi connectivity index (χ0n) is 9.18. The zero-order chi connectivity index (χ0) is 13.3. The van der Waals surface area contributed by atoms with Gasteiger partial charge >= 0.3 is 0 Å². The van der Waals surface area contributed by atoms with Gasteiger partial charge in [-0.15, -0.1) is 0 Å². The molecule has 0 saturated carbocycles. The quantitative estimate of drug-likeness (QED) is 0.730. The van der Waals surface area contributed by atoms with Crippen LogP contribution < -0.4 is 16.8 Å². The van der Waals surface area contributed by atoms with E-state index in [0.29, 0.717) is 10.7 Å². The summed E-state index contributed by atoms with van der Waals surface area (Å²) in [4.78, 5) is 0. The average Bonchev–Trinajstić information content (AvgIpc) is 2.34. The van der Waals surface area contributed by atoms with Crippen molar-refractivity contribution < 1.29 is 4.39 Å². The largest absolute Gasteiger partial charge is 0.397 e. The molecule has 0 saturated heterocycles. The van der Waals surface area contributed by atoms with Crippen molar-refractivity contribution in [3.05, 3.63) is 46.2 Å². The Labute approximate surface area is 113 Å². The van der Waals surface area contributed by atoms with Crippen molar-refractivity contribution in [2.75, 3.05) is 16.8 Å². The lowest BCUT2D eigenvalue weighted by Gasteiger charge is -2.13. The summed E-state index contributed by atoms with van der Waals surface area (Å²) in [5.41, 5.74) is 12.2. The Balaban J connectivity index is 2.40. The van der Waals surface area contributed by atoms with Crippen LogP contribution in [0.3, 0.4) is 0 Å². The second-order valence-corrected chi connectivity index (χ2v) is 4.50. The monoisotopic (exact) mass is 285 g/mol. The van der Waals surface area contributed by atoms with Gasteiger partial charge in [0.2, 0.25) is 0 Å². The number of anilines is 4. The summed E-state index contributed by atoms with van der Waals surface area (Å²) >= 11 is 11.5. The zero-order valence-corrected chi connectivity index (χ0v) is 10.7. The first-order chi connectivity index (χ1) is 8.49. The molecule has 0 aliphatic carbocycles. The first kappa shape index (κ1) is 12.8. The molecule has 3 nitrogen and oxygen atoms in total. The number of hydrogen-bond donors (Lipinski definition) is 3. The predicted molar refractivity (Wildman–Crippen MR) is 75.0 cm³/mol. The van der Waals surface area contributed by atoms with Crippen LogP contribution in [0, 0.1) is 5.82 Å². The van der Waals surface area contributed by atoms with Gasteiger partial charge in [0.15, 0.2) is 5.82 Å². The number of nitrogen functional groups attached to an aromatic ring is 2. The molecule has 0 fully saturated rings. The standard InChI is InChI=1S/C12H10Cl2FN3/c13-6-1-3-7(4-2-6)18-12-9(17)5-8(16)10(14)11(12)15/h1-5,18H,16-17H2. The van der Waals surface area contributed by atoms with Crippen LogP contribution in [0.1, 0.15) is 0 Å². The van der Waals surface area contributed by atoms with Gasteiger partial charge in [0.1, 0.15) is 5.02 Å². The second-order valence-electron chi connectivity index (χ2n) is 3.69. The van der Waals surface area contributed by atoms with Crippen LogP contribution in [0.4, 0.5) is 27.1 Å². The molecule has 2 aromatic rings. The van der Waals surface area contributed by atoms with Crippen LogP contribution in [0.25, 0.3) is 0 Å². The lowest BCUT2D eigenvalue weighted by Crippen LogP contribution is -2.02. The maximum atomic E-state index is 13.9. The third-order valence-corrected chi connectivity index (χ3v) is 3.01. The normalized spacial score (nSPS) is 10.4. The molecule has 0 aromatic heterocycles. The third-order valence-electron chi connectivity index (χ3n) is 2.38. The molecule has 0 atom stereocenters. The van der Waals surface area contributed by atoms with E-state index in [4.69, 9.17) is 34.7 Å². The van der Waals surface area contributed by atoms with Gasteiger partial charge in [0.05, 0.1) is 17.1 Å². The predicted octanol–water partition coefficient (Wildman–Crippen LogP) is 4.04. The summed E-state index contributed by atoms with van der Waals surface area (Å²) in [6, 6.07) is 8.16. The molecular weight excluding hydrogens is 276 g/mol. The molecule has 5 N–H and O–H groups in total. The van der Waals surface area contributed by atoms with E-state index in [1.165, 1.54) is 6.07 Å². The van der Waals surface area contributed by atoms with E-state index < -0.39 is 5.82 Å². The topological polar surface area (TPSA) is 64.1 Å². The van der Waals surface area contributed by atoms with Gasteiger partial charge in [-0.05, 0) is 30.3 Å². The Kier molecular flexibility index (Phi) is 3.50. The number of benzene rings is 2. The van der Waals surface area contributed by atoms with Crippen molar-refractivity contribution >= 4 is 46.0 Å². The van der Waals surface area contributed by atoms with Crippen LogP contribution in [-0.2, 0) is 0 Å². The second kappa shape index (κ2) is 4.92. The molecule has 0 radical (unpaired) electrons. The van der Waals surface area contributed by atoms with E-state index >= 15 is 0 Å². The molecule has 0 spiro atoms. The van der Waals surface area contributed by atoms with E-state index in [1.807, 2.05) is 0 Å². The van der Waals surface area contributed by atoms with Gasteiger partial charge in [-0.1, -0.05) is 23.2 Å². The third kappa shape index (κ3) is 2.44. The molecule has 0 bridgehead atoms. The summed E-state index contributed by atoms with van der Waals surface area (Å²) in [6.07, 6.45) is 0. The number of hydrogen-bond acceptors (Lipinski definition) is 3. The Morgan fingerprint density at radius 2 is 1.61 bits per heavy atom. The molecule has 2 rings (SSSR count). The van der Waals surface area contributed by atoms with Crippen molar-refractivity contribution in [1.82, 2.24) is 0 Å². The number of halogens is 3. The van der Waals surface area contributed by atoms with Crippen LogP contribution in [-0.4, -0.2) is 0 Å². The van der Waals surface area contributed by atoms with Crippen LogP contribution >= 0.6 is 23.2 Å². The Morgan fingerprint density at radius 3 is 2.22 bits per heavy atom. The minimum Gasteiger partial charge on any atom is -0.397 e.